The molecular formula is C13H24N2O3. The van der Waals surface area contributed by atoms with E-state index in [4.69, 9.17) is 5.11 Å². The molecule has 1 atom stereocenters. The number of carbonyl (C=O) groups excluding carboxylic acids is 1. The molecule has 0 aromatic carbocycles. The van der Waals surface area contributed by atoms with Crippen LogP contribution in [0.25, 0.3) is 0 Å². The summed E-state index contributed by atoms with van der Waals surface area (Å²) in [6.07, 6.45) is 4.70. The molecule has 1 aliphatic rings. The standard InChI is InChI=1S/C13H24N2O3/c1-10(2)12(13(17)18)14-11(16)9-15-7-5-3-4-6-8-15/h10,12H,3-9H2,1-2H3,(H,14,16)(H,17,18). The van der Waals surface area contributed by atoms with E-state index >= 15 is 0 Å². The summed E-state index contributed by atoms with van der Waals surface area (Å²) in [6, 6.07) is -0.788. The summed E-state index contributed by atoms with van der Waals surface area (Å²) < 4.78 is 0. The monoisotopic (exact) mass is 256 g/mol. The van der Waals surface area contributed by atoms with Crippen LogP contribution in [0.3, 0.4) is 0 Å². The predicted octanol–water partition coefficient (Wildman–Crippen LogP) is 1.09. The quantitative estimate of drug-likeness (QED) is 0.772. The van der Waals surface area contributed by atoms with E-state index in [2.05, 4.69) is 10.2 Å². The fraction of sp³-hybridized carbons (Fsp3) is 0.846. The zero-order chi connectivity index (χ0) is 13.5. The molecule has 0 aromatic heterocycles. The number of amides is 1. The summed E-state index contributed by atoms with van der Waals surface area (Å²) in [5, 5.41) is 11.6. The Morgan fingerprint density at radius 2 is 1.72 bits per heavy atom. The molecule has 18 heavy (non-hydrogen) atoms. The Kier molecular flexibility index (Phi) is 6.12. The molecule has 0 radical (unpaired) electrons. The summed E-state index contributed by atoms with van der Waals surface area (Å²) in [7, 11) is 0. The lowest BCUT2D eigenvalue weighted by Gasteiger charge is -2.22. The number of rotatable bonds is 5. The number of hydrogen-bond donors (Lipinski definition) is 2. The fourth-order valence-electron chi connectivity index (χ4n) is 2.23. The van der Waals surface area contributed by atoms with Crippen molar-refractivity contribution in [1.82, 2.24) is 10.2 Å². The molecule has 5 nitrogen and oxygen atoms in total. The molecule has 1 amide bonds. The van der Waals surface area contributed by atoms with Gasteiger partial charge >= 0.3 is 5.97 Å². The molecule has 1 heterocycles. The van der Waals surface area contributed by atoms with Gasteiger partial charge in [-0.3, -0.25) is 9.69 Å². The molecule has 1 fully saturated rings. The van der Waals surface area contributed by atoms with E-state index in [-0.39, 0.29) is 11.8 Å². The largest absolute Gasteiger partial charge is 0.480 e. The molecule has 0 aromatic rings. The third-order valence-electron chi connectivity index (χ3n) is 3.32. The maximum Gasteiger partial charge on any atom is 0.326 e. The average molecular weight is 256 g/mol. The molecule has 0 saturated carbocycles. The zero-order valence-electron chi connectivity index (χ0n) is 11.3. The number of likely N-dealkylation sites (tertiary alicyclic amines) is 1. The molecular weight excluding hydrogens is 232 g/mol. The predicted molar refractivity (Wildman–Crippen MR) is 69.3 cm³/mol. The highest BCUT2D eigenvalue weighted by molar-refractivity contribution is 5.84. The Hall–Kier alpha value is -1.10. The number of aliphatic carboxylic acids is 1. The van der Waals surface area contributed by atoms with Crippen molar-refractivity contribution in [1.29, 1.82) is 0 Å². The number of carbonyl (C=O) groups is 2. The average Bonchev–Trinajstić information content (AvgIpc) is 2.53. The van der Waals surface area contributed by atoms with Crippen molar-refractivity contribution in [3.05, 3.63) is 0 Å². The normalized spacial score (nSPS) is 19.3. The van der Waals surface area contributed by atoms with Crippen molar-refractivity contribution >= 4 is 11.9 Å². The van der Waals surface area contributed by atoms with Gasteiger partial charge < -0.3 is 10.4 Å². The van der Waals surface area contributed by atoms with Gasteiger partial charge in [-0.25, -0.2) is 4.79 Å². The summed E-state index contributed by atoms with van der Waals surface area (Å²) in [5.74, 6) is -1.25. The molecule has 1 saturated heterocycles. The van der Waals surface area contributed by atoms with Gasteiger partial charge in [-0.1, -0.05) is 26.7 Å². The maximum atomic E-state index is 11.8. The maximum absolute atomic E-state index is 11.8. The molecule has 0 bridgehead atoms. The van der Waals surface area contributed by atoms with E-state index in [9.17, 15) is 9.59 Å². The Morgan fingerprint density at radius 1 is 1.17 bits per heavy atom. The molecule has 104 valence electrons. The topological polar surface area (TPSA) is 69.6 Å². The minimum Gasteiger partial charge on any atom is -0.480 e. The van der Waals surface area contributed by atoms with E-state index in [1.54, 1.807) is 13.8 Å². The van der Waals surface area contributed by atoms with Gasteiger partial charge in [-0.2, -0.15) is 0 Å². The lowest BCUT2D eigenvalue weighted by atomic mass is 10.0. The van der Waals surface area contributed by atoms with Gasteiger partial charge in [0.1, 0.15) is 6.04 Å². The zero-order valence-corrected chi connectivity index (χ0v) is 11.3. The van der Waals surface area contributed by atoms with Gasteiger partial charge in [0.25, 0.3) is 0 Å². The Bertz CT molecular complexity index is 284. The SMILES string of the molecule is CC(C)C(NC(=O)CN1CCCCCC1)C(=O)O. The molecule has 2 N–H and O–H groups in total. The van der Waals surface area contributed by atoms with Gasteiger partial charge in [0.05, 0.1) is 6.54 Å². The van der Waals surface area contributed by atoms with E-state index < -0.39 is 12.0 Å². The minimum absolute atomic E-state index is 0.101. The number of nitrogens with zero attached hydrogens (tertiary/aromatic N) is 1. The number of hydrogen-bond acceptors (Lipinski definition) is 3. The van der Waals surface area contributed by atoms with E-state index in [1.165, 1.54) is 12.8 Å². The van der Waals surface area contributed by atoms with Crippen molar-refractivity contribution < 1.29 is 14.7 Å². The fourth-order valence-corrected chi connectivity index (χ4v) is 2.23. The summed E-state index contributed by atoms with van der Waals surface area (Å²) >= 11 is 0. The molecule has 0 spiro atoms. The third kappa shape index (κ3) is 5.04. The highest BCUT2D eigenvalue weighted by atomic mass is 16.4. The van der Waals surface area contributed by atoms with Crippen LogP contribution in [0.1, 0.15) is 39.5 Å². The first-order valence-electron chi connectivity index (χ1n) is 6.75. The molecule has 1 unspecified atom stereocenters. The van der Waals surface area contributed by atoms with Crippen LogP contribution < -0.4 is 5.32 Å². The first kappa shape index (κ1) is 15.0. The second kappa shape index (κ2) is 7.36. The number of carboxylic acid groups (broad SMARTS) is 1. The number of carboxylic acids is 1. The number of nitrogens with one attached hydrogen (secondary N) is 1. The van der Waals surface area contributed by atoms with Gasteiger partial charge in [0, 0.05) is 0 Å². The van der Waals surface area contributed by atoms with Gasteiger partial charge in [-0.05, 0) is 31.8 Å². The molecule has 0 aliphatic carbocycles. The lowest BCUT2D eigenvalue weighted by Crippen LogP contribution is -2.48. The van der Waals surface area contributed by atoms with Crippen LogP contribution in [0.2, 0.25) is 0 Å². The third-order valence-corrected chi connectivity index (χ3v) is 3.32. The first-order valence-corrected chi connectivity index (χ1v) is 6.75. The van der Waals surface area contributed by atoms with Crippen molar-refractivity contribution in [3.8, 4) is 0 Å². The highest BCUT2D eigenvalue weighted by Gasteiger charge is 2.24. The van der Waals surface area contributed by atoms with E-state index in [1.807, 2.05) is 0 Å². The first-order chi connectivity index (χ1) is 8.50. The van der Waals surface area contributed by atoms with E-state index in [0.29, 0.717) is 6.54 Å². The van der Waals surface area contributed by atoms with Crippen LogP contribution in [-0.2, 0) is 9.59 Å². The van der Waals surface area contributed by atoms with E-state index in [0.717, 1.165) is 25.9 Å². The van der Waals surface area contributed by atoms with Crippen molar-refractivity contribution in [2.75, 3.05) is 19.6 Å². The minimum atomic E-state index is -0.964. The summed E-state index contributed by atoms with van der Waals surface area (Å²) in [6.45, 7) is 5.78. The van der Waals surface area contributed by atoms with Crippen LogP contribution in [-0.4, -0.2) is 47.6 Å². The van der Waals surface area contributed by atoms with Crippen LogP contribution >= 0.6 is 0 Å². The molecule has 1 aliphatic heterocycles. The Labute approximate surface area is 109 Å². The van der Waals surface area contributed by atoms with Crippen LogP contribution in [0.5, 0.6) is 0 Å². The molecule has 5 heteroatoms. The van der Waals surface area contributed by atoms with Gasteiger partial charge in [-0.15, -0.1) is 0 Å². The van der Waals surface area contributed by atoms with Crippen LogP contribution in [0.15, 0.2) is 0 Å². The van der Waals surface area contributed by atoms with Crippen LogP contribution in [0.4, 0.5) is 0 Å². The highest BCUT2D eigenvalue weighted by Crippen LogP contribution is 2.09. The smallest absolute Gasteiger partial charge is 0.326 e. The lowest BCUT2D eigenvalue weighted by molar-refractivity contribution is -0.143. The Morgan fingerprint density at radius 3 is 2.17 bits per heavy atom. The second-order valence-electron chi connectivity index (χ2n) is 5.32. The summed E-state index contributed by atoms with van der Waals surface area (Å²) in [4.78, 5) is 24.9. The van der Waals surface area contributed by atoms with Gasteiger partial charge in [0.15, 0.2) is 0 Å². The van der Waals surface area contributed by atoms with Crippen molar-refractivity contribution in [3.63, 3.8) is 0 Å². The van der Waals surface area contributed by atoms with Crippen LogP contribution in [0, 0.1) is 5.92 Å². The Balaban J connectivity index is 2.41. The van der Waals surface area contributed by atoms with Crippen molar-refractivity contribution in [2.24, 2.45) is 5.92 Å². The van der Waals surface area contributed by atoms with Crippen molar-refractivity contribution in [2.45, 2.75) is 45.6 Å². The van der Waals surface area contributed by atoms with Gasteiger partial charge in [0.2, 0.25) is 5.91 Å². The molecule has 1 rings (SSSR count). The second-order valence-corrected chi connectivity index (χ2v) is 5.32. The summed E-state index contributed by atoms with van der Waals surface area (Å²) in [5.41, 5.74) is 0.